The molecule has 1 aromatic rings. The van der Waals surface area contributed by atoms with Crippen molar-refractivity contribution in [3.63, 3.8) is 0 Å². The molecule has 2 rings (SSSR count). The summed E-state index contributed by atoms with van der Waals surface area (Å²) in [6.45, 7) is 2.28. The van der Waals surface area contributed by atoms with Crippen molar-refractivity contribution < 1.29 is 0 Å². The van der Waals surface area contributed by atoms with Gasteiger partial charge in [0.25, 0.3) is 0 Å². The van der Waals surface area contributed by atoms with Crippen LogP contribution in [0.2, 0.25) is 5.02 Å². The van der Waals surface area contributed by atoms with Crippen LogP contribution in [0, 0.1) is 0 Å². The van der Waals surface area contributed by atoms with E-state index in [0.29, 0.717) is 0 Å². The van der Waals surface area contributed by atoms with Gasteiger partial charge in [-0.05, 0) is 29.9 Å². The van der Waals surface area contributed by atoms with Crippen molar-refractivity contribution in [3.8, 4) is 0 Å². The van der Waals surface area contributed by atoms with Crippen molar-refractivity contribution in [2.75, 3.05) is 29.5 Å². The summed E-state index contributed by atoms with van der Waals surface area (Å²) in [5.74, 6) is 2.50. The van der Waals surface area contributed by atoms with Crippen LogP contribution in [0.1, 0.15) is 12.0 Å². The molecule has 0 amide bonds. The lowest BCUT2D eigenvalue weighted by Crippen LogP contribution is -2.25. The standard InChI is InChI=1S/C12H15BrClNS/c13-9-10-2-3-11(8-12(10)14)15-4-1-6-16-7-5-15/h2-3,8H,1,4-7,9H2. The molecule has 0 saturated carbocycles. The third kappa shape index (κ3) is 3.08. The fourth-order valence-corrected chi connectivity index (χ4v) is 3.62. The van der Waals surface area contributed by atoms with Crippen LogP contribution in [0.5, 0.6) is 0 Å². The topological polar surface area (TPSA) is 3.24 Å². The van der Waals surface area contributed by atoms with Crippen LogP contribution in [0.15, 0.2) is 18.2 Å². The molecule has 4 heteroatoms. The molecule has 0 aliphatic carbocycles. The monoisotopic (exact) mass is 319 g/mol. The van der Waals surface area contributed by atoms with Crippen molar-refractivity contribution in [1.29, 1.82) is 0 Å². The normalized spacial score (nSPS) is 17.2. The van der Waals surface area contributed by atoms with Crippen LogP contribution in [-0.2, 0) is 5.33 Å². The van der Waals surface area contributed by atoms with E-state index in [9.17, 15) is 0 Å². The van der Waals surface area contributed by atoms with Gasteiger partial charge in [0, 0.05) is 34.9 Å². The predicted molar refractivity (Wildman–Crippen MR) is 78.2 cm³/mol. The molecule has 1 saturated heterocycles. The van der Waals surface area contributed by atoms with E-state index in [0.717, 1.165) is 29.0 Å². The molecule has 1 aromatic carbocycles. The van der Waals surface area contributed by atoms with Gasteiger partial charge in [0.1, 0.15) is 0 Å². The smallest absolute Gasteiger partial charge is 0.0467 e. The summed E-state index contributed by atoms with van der Waals surface area (Å²) in [6, 6.07) is 6.39. The highest BCUT2D eigenvalue weighted by Crippen LogP contribution is 2.26. The number of hydrogen-bond acceptors (Lipinski definition) is 2. The lowest BCUT2D eigenvalue weighted by Gasteiger charge is -2.22. The van der Waals surface area contributed by atoms with E-state index in [1.165, 1.54) is 23.6 Å². The average molecular weight is 321 g/mol. The maximum absolute atomic E-state index is 6.23. The van der Waals surface area contributed by atoms with Crippen molar-refractivity contribution in [2.45, 2.75) is 11.8 Å². The first kappa shape index (κ1) is 12.6. The van der Waals surface area contributed by atoms with Gasteiger partial charge >= 0.3 is 0 Å². The summed E-state index contributed by atoms with van der Waals surface area (Å²) >= 11 is 11.7. The summed E-state index contributed by atoms with van der Waals surface area (Å²) in [5, 5.41) is 1.69. The van der Waals surface area contributed by atoms with Crippen LogP contribution >= 0.6 is 39.3 Å². The Bertz CT molecular complexity index is 351. The molecule has 1 heterocycles. The minimum Gasteiger partial charge on any atom is -0.371 e. The molecule has 0 aromatic heterocycles. The number of halogens is 2. The van der Waals surface area contributed by atoms with Gasteiger partial charge in [0.05, 0.1) is 0 Å². The number of alkyl halides is 1. The zero-order chi connectivity index (χ0) is 11.4. The molecular weight excluding hydrogens is 306 g/mol. The van der Waals surface area contributed by atoms with Crippen LogP contribution < -0.4 is 4.90 Å². The molecule has 1 fully saturated rings. The Morgan fingerprint density at radius 2 is 2.19 bits per heavy atom. The number of nitrogens with zero attached hydrogens (tertiary/aromatic N) is 1. The van der Waals surface area contributed by atoms with Crippen LogP contribution in [0.25, 0.3) is 0 Å². The Hall–Kier alpha value is 0.140. The van der Waals surface area contributed by atoms with Gasteiger partial charge in [-0.3, -0.25) is 0 Å². The van der Waals surface area contributed by atoms with Crippen LogP contribution in [-0.4, -0.2) is 24.6 Å². The molecule has 0 radical (unpaired) electrons. The summed E-state index contributed by atoms with van der Waals surface area (Å²) < 4.78 is 0. The Kier molecular flexibility index (Phi) is 4.86. The molecule has 16 heavy (non-hydrogen) atoms. The van der Waals surface area contributed by atoms with Crippen molar-refractivity contribution in [3.05, 3.63) is 28.8 Å². The Labute approximate surface area is 115 Å². The second-order valence-electron chi connectivity index (χ2n) is 3.86. The molecular formula is C12H15BrClNS. The molecule has 1 aliphatic heterocycles. The van der Waals surface area contributed by atoms with Crippen LogP contribution in [0.3, 0.4) is 0 Å². The number of thioether (sulfide) groups is 1. The molecule has 88 valence electrons. The summed E-state index contributed by atoms with van der Waals surface area (Å²) in [7, 11) is 0. The Morgan fingerprint density at radius 1 is 1.31 bits per heavy atom. The van der Waals surface area contributed by atoms with Gasteiger partial charge in [0.15, 0.2) is 0 Å². The first-order chi connectivity index (χ1) is 7.81. The molecule has 0 atom stereocenters. The van der Waals surface area contributed by atoms with E-state index >= 15 is 0 Å². The van der Waals surface area contributed by atoms with Gasteiger partial charge in [-0.15, -0.1) is 0 Å². The predicted octanol–water partition coefficient (Wildman–Crippen LogP) is 4.18. The maximum Gasteiger partial charge on any atom is 0.0467 e. The maximum atomic E-state index is 6.23. The van der Waals surface area contributed by atoms with E-state index in [2.05, 4.69) is 39.0 Å². The lowest BCUT2D eigenvalue weighted by molar-refractivity contribution is 0.816. The zero-order valence-electron chi connectivity index (χ0n) is 9.09. The van der Waals surface area contributed by atoms with Crippen molar-refractivity contribution >= 4 is 45.0 Å². The van der Waals surface area contributed by atoms with E-state index in [1.807, 2.05) is 11.8 Å². The fourth-order valence-electron chi connectivity index (χ4n) is 1.85. The summed E-state index contributed by atoms with van der Waals surface area (Å²) in [5.41, 5.74) is 2.42. The zero-order valence-corrected chi connectivity index (χ0v) is 12.2. The Morgan fingerprint density at radius 3 is 2.94 bits per heavy atom. The van der Waals surface area contributed by atoms with Gasteiger partial charge < -0.3 is 4.90 Å². The number of rotatable bonds is 2. The molecule has 0 N–H and O–H groups in total. The van der Waals surface area contributed by atoms with E-state index in [-0.39, 0.29) is 0 Å². The molecule has 0 spiro atoms. The lowest BCUT2D eigenvalue weighted by atomic mass is 10.2. The molecule has 1 nitrogen and oxygen atoms in total. The summed E-state index contributed by atoms with van der Waals surface area (Å²) in [4.78, 5) is 2.43. The first-order valence-electron chi connectivity index (χ1n) is 5.48. The highest BCUT2D eigenvalue weighted by atomic mass is 79.9. The third-order valence-electron chi connectivity index (χ3n) is 2.77. The average Bonchev–Trinajstić information content (AvgIpc) is 2.57. The minimum atomic E-state index is 0.821. The highest BCUT2D eigenvalue weighted by Gasteiger charge is 2.11. The SMILES string of the molecule is Clc1cc(N2CCCSCC2)ccc1CBr. The van der Waals surface area contributed by atoms with Gasteiger partial charge in [-0.2, -0.15) is 11.8 Å². The van der Waals surface area contributed by atoms with Crippen molar-refractivity contribution in [1.82, 2.24) is 0 Å². The molecule has 0 bridgehead atoms. The van der Waals surface area contributed by atoms with Gasteiger partial charge in [-0.1, -0.05) is 33.6 Å². The quantitative estimate of drug-likeness (QED) is 0.752. The number of anilines is 1. The second-order valence-corrected chi connectivity index (χ2v) is 6.05. The van der Waals surface area contributed by atoms with Gasteiger partial charge in [0.2, 0.25) is 0 Å². The van der Waals surface area contributed by atoms with Crippen LogP contribution in [0.4, 0.5) is 5.69 Å². The Balaban J connectivity index is 2.16. The molecule has 1 aliphatic rings. The summed E-state index contributed by atoms with van der Waals surface area (Å²) in [6.07, 6.45) is 1.27. The first-order valence-corrected chi connectivity index (χ1v) is 8.14. The molecule has 0 unspecified atom stereocenters. The van der Waals surface area contributed by atoms with Gasteiger partial charge in [-0.25, -0.2) is 0 Å². The van der Waals surface area contributed by atoms with E-state index in [1.54, 1.807) is 0 Å². The minimum absolute atomic E-state index is 0.821. The second kappa shape index (κ2) is 6.18. The van der Waals surface area contributed by atoms with Crippen molar-refractivity contribution in [2.24, 2.45) is 0 Å². The highest BCUT2D eigenvalue weighted by molar-refractivity contribution is 9.08. The largest absolute Gasteiger partial charge is 0.371 e. The van der Waals surface area contributed by atoms with E-state index < -0.39 is 0 Å². The van der Waals surface area contributed by atoms with E-state index in [4.69, 9.17) is 11.6 Å². The fraction of sp³-hybridized carbons (Fsp3) is 0.500. The third-order valence-corrected chi connectivity index (χ3v) is 4.77. The number of benzene rings is 1. The number of hydrogen-bond donors (Lipinski definition) is 0.